The molecule has 2 aliphatic rings. The molecule has 2 fully saturated rings. The monoisotopic (exact) mass is 430 g/mol. The Morgan fingerprint density at radius 2 is 1.63 bits per heavy atom. The highest BCUT2D eigenvalue weighted by Gasteiger charge is 2.31. The molecule has 0 aromatic heterocycles. The third kappa shape index (κ3) is 7.58. The van der Waals surface area contributed by atoms with Gasteiger partial charge in [0.1, 0.15) is 5.75 Å². The van der Waals surface area contributed by atoms with Crippen LogP contribution in [-0.2, 0) is 18.9 Å². The molecule has 0 saturated carbocycles. The van der Waals surface area contributed by atoms with Gasteiger partial charge in [-0.2, -0.15) is 0 Å². The van der Waals surface area contributed by atoms with E-state index in [1.807, 2.05) is 0 Å². The number of allylic oxidation sites excluding steroid dienone is 1. The van der Waals surface area contributed by atoms with Crippen LogP contribution in [0.25, 0.3) is 0 Å². The van der Waals surface area contributed by atoms with Crippen LogP contribution in [-0.4, -0.2) is 39.1 Å². The van der Waals surface area contributed by atoms with E-state index in [4.69, 9.17) is 18.9 Å². The Balaban J connectivity index is 1.34. The zero-order chi connectivity index (χ0) is 21.4. The molecule has 0 radical (unpaired) electrons. The van der Waals surface area contributed by atoms with Crippen molar-refractivity contribution in [3.8, 4) is 5.75 Å². The van der Waals surface area contributed by atoms with Gasteiger partial charge in [0, 0.05) is 17.4 Å². The predicted octanol–water partition coefficient (Wildman–Crippen LogP) is 5.37. The molecule has 0 spiro atoms. The Morgan fingerprint density at radius 1 is 0.967 bits per heavy atom. The summed E-state index contributed by atoms with van der Waals surface area (Å²) >= 11 is 0. The topological polar surface area (TPSA) is 46.2 Å². The summed E-state index contributed by atoms with van der Waals surface area (Å²) in [6, 6.07) is 5.54. The van der Waals surface area contributed by atoms with Crippen LogP contribution < -0.4 is 4.74 Å². The van der Waals surface area contributed by atoms with Crippen molar-refractivity contribution in [2.75, 3.05) is 26.4 Å². The van der Waals surface area contributed by atoms with Crippen LogP contribution in [0.2, 0.25) is 0 Å². The first-order valence-electron chi connectivity index (χ1n) is 10.4. The molecule has 3 rings (SSSR count). The van der Waals surface area contributed by atoms with E-state index in [1.54, 1.807) is 0 Å². The van der Waals surface area contributed by atoms with Gasteiger partial charge in [0.2, 0.25) is 0 Å². The van der Waals surface area contributed by atoms with Gasteiger partial charge in [-0.15, -0.1) is 13.2 Å². The van der Waals surface area contributed by atoms with E-state index in [9.17, 15) is 13.2 Å². The summed E-state index contributed by atoms with van der Waals surface area (Å²) in [5, 5.41) is 0. The summed E-state index contributed by atoms with van der Waals surface area (Å²) in [4.78, 5) is 0. The first kappa shape index (κ1) is 23.1. The second-order valence-electron chi connectivity index (χ2n) is 7.63. The lowest BCUT2D eigenvalue weighted by molar-refractivity contribution is -0.274. The van der Waals surface area contributed by atoms with Gasteiger partial charge in [0.05, 0.1) is 26.4 Å². The number of ether oxygens (including phenoxy) is 5. The van der Waals surface area contributed by atoms with Crippen molar-refractivity contribution in [3.05, 3.63) is 42.0 Å². The molecule has 2 heterocycles. The first-order valence-corrected chi connectivity index (χ1v) is 10.4. The van der Waals surface area contributed by atoms with Gasteiger partial charge in [-0.1, -0.05) is 37.6 Å². The van der Waals surface area contributed by atoms with Crippen LogP contribution in [0, 0.1) is 11.8 Å². The highest BCUT2D eigenvalue weighted by molar-refractivity contribution is 5.28. The molecule has 0 bridgehead atoms. The van der Waals surface area contributed by atoms with E-state index in [1.165, 1.54) is 24.3 Å². The minimum absolute atomic E-state index is 0.195. The van der Waals surface area contributed by atoms with Gasteiger partial charge in [-0.05, 0) is 31.4 Å². The Morgan fingerprint density at radius 3 is 2.23 bits per heavy atom. The van der Waals surface area contributed by atoms with Crippen molar-refractivity contribution in [2.24, 2.45) is 11.8 Å². The van der Waals surface area contributed by atoms with Gasteiger partial charge in [-0.3, -0.25) is 0 Å². The molecule has 1 aromatic rings. The lowest BCUT2D eigenvalue weighted by Crippen LogP contribution is -2.33. The average molecular weight is 430 g/mol. The van der Waals surface area contributed by atoms with Gasteiger partial charge in [0.15, 0.2) is 12.6 Å². The Labute approximate surface area is 175 Å². The van der Waals surface area contributed by atoms with E-state index in [-0.39, 0.29) is 18.0 Å². The van der Waals surface area contributed by atoms with E-state index in [0.717, 1.165) is 25.7 Å². The molecule has 30 heavy (non-hydrogen) atoms. The highest BCUT2D eigenvalue weighted by atomic mass is 19.4. The van der Waals surface area contributed by atoms with Crippen LogP contribution in [0.5, 0.6) is 5.75 Å². The molecule has 168 valence electrons. The quantitative estimate of drug-likeness (QED) is 0.519. The van der Waals surface area contributed by atoms with Crippen molar-refractivity contribution >= 4 is 0 Å². The number of halogens is 3. The van der Waals surface area contributed by atoms with Gasteiger partial charge >= 0.3 is 6.36 Å². The van der Waals surface area contributed by atoms with Crippen molar-refractivity contribution in [1.29, 1.82) is 0 Å². The molecule has 1 aromatic carbocycles. The number of unbranched alkanes of at least 4 members (excludes halogenated alkanes) is 1. The number of hydrogen-bond donors (Lipinski definition) is 0. The summed E-state index contributed by atoms with van der Waals surface area (Å²) in [6.07, 6.45) is 2.71. The average Bonchev–Trinajstić information content (AvgIpc) is 2.73. The molecular formula is C22H29F3O5. The molecule has 0 amide bonds. The molecule has 2 aliphatic heterocycles. The molecule has 5 nitrogen and oxygen atoms in total. The smallest absolute Gasteiger partial charge is 0.406 e. The maximum Gasteiger partial charge on any atom is 0.573 e. The first-order chi connectivity index (χ1) is 14.4. The summed E-state index contributed by atoms with van der Waals surface area (Å²) in [5.74, 6) is 0.279. The Kier molecular flexibility index (Phi) is 8.56. The number of rotatable bonds is 8. The van der Waals surface area contributed by atoms with Crippen LogP contribution in [0.1, 0.15) is 44.5 Å². The number of benzene rings is 1. The molecule has 2 saturated heterocycles. The fourth-order valence-corrected chi connectivity index (χ4v) is 3.39. The van der Waals surface area contributed by atoms with Crippen LogP contribution in [0.15, 0.2) is 36.4 Å². The molecule has 0 aliphatic carbocycles. The Bertz CT molecular complexity index is 646. The molecule has 0 N–H and O–H groups in total. The maximum atomic E-state index is 12.2. The van der Waals surface area contributed by atoms with Crippen molar-refractivity contribution in [2.45, 2.75) is 51.5 Å². The third-order valence-corrected chi connectivity index (χ3v) is 5.02. The summed E-state index contributed by atoms with van der Waals surface area (Å²) in [6.45, 7) is 4.54. The molecule has 0 atom stereocenters. The summed E-state index contributed by atoms with van der Waals surface area (Å²) in [7, 11) is 0. The molecular weight excluding hydrogens is 401 g/mol. The maximum absolute atomic E-state index is 12.2. The highest BCUT2D eigenvalue weighted by Crippen LogP contribution is 2.30. The van der Waals surface area contributed by atoms with Gasteiger partial charge < -0.3 is 23.7 Å². The predicted molar refractivity (Wildman–Crippen MR) is 104 cm³/mol. The zero-order valence-corrected chi connectivity index (χ0v) is 17.1. The van der Waals surface area contributed by atoms with E-state index in [2.05, 4.69) is 23.8 Å². The minimum Gasteiger partial charge on any atom is -0.406 e. The minimum atomic E-state index is -4.70. The second kappa shape index (κ2) is 11.1. The summed E-state index contributed by atoms with van der Waals surface area (Å²) < 4.78 is 63.7. The fraction of sp³-hybridized carbons (Fsp3) is 0.636. The van der Waals surface area contributed by atoms with Crippen molar-refractivity contribution in [1.82, 2.24) is 0 Å². The largest absolute Gasteiger partial charge is 0.573 e. The normalized spacial score (nSPS) is 28.0. The SMILES string of the molecule is CCCC=C[C@H]1CO[C@H](CC[C@H]2CO[C@H](c3ccc(OC(F)(F)F)cc3)OC2)OC1. The van der Waals surface area contributed by atoms with E-state index in [0.29, 0.717) is 37.9 Å². The molecule has 8 heteroatoms. The third-order valence-electron chi connectivity index (χ3n) is 5.02. The number of alkyl halides is 3. The standard InChI is InChI=1S/C22H29F3O5/c1-2-3-4-5-16-12-26-20(27-13-16)11-6-17-14-28-21(29-15-17)18-7-9-19(10-8-18)30-22(23,24)25/h4-5,7-10,16-17,20-21H,2-3,6,11-15H2,1H3/t16-,17-,20-,21-. The molecule has 0 unspecified atom stereocenters. The number of hydrogen-bond acceptors (Lipinski definition) is 5. The second-order valence-corrected chi connectivity index (χ2v) is 7.63. The van der Waals surface area contributed by atoms with Crippen molar-refractivity contribution in [3.63, 3.8) is 0 Å². The van der Waals surface area contributed by atoms with Gasteiger partial charge in [-0.25, -0.2) is 0 Å². The van der Waals surface area contributed by atoms with E-state index >= 15 is 0 Å². The van der Waals surface area contributed by atoms with E-state index < -0.39 is 12.7 Å². The lowest BCUT2D eigenvalue weighted by Gasteiger charge is -2.32. The Hall–Kier alpha value is -1.61. The zero-order valence-electron chi connectivity index (χ0n) is 17.1. The lowest BCUT2D eigenvalue weighted by atomic mass is 10.0. The van der Waals surface area contributed by atoms with Gasteiger partial charge in [0.25, 0.3) is 0 Å². The fourth-order valence-electron chi connectivity index (χ4n) is 3.39. The van der Waals surface area contributed by atoms with Crippen molar-refractivity contribution < 1.29 is 36.9 Å². The van der Waals surface area contributed by atoms with Crippen LogP contribution in [0.4, 0.5) is 13.2 Å². The summed E-state index contributed by atoms with van der Waals surface area (Å²) in [5.41, 5.74) is 0.657. The van der Waals surface area contributed by atoms with Crippen LogP contribution >= 0.6 is 0 Å². The van der Waals surface area contributed by atoms with Crippen LogP contribution in [0.3, 0.4) is 0 Å².